The molecule has 1 saturated heterocycles. The number of aromatic nitrogens is 3. The molecule has 0 saturated carbocycles. The number of benzene rings is 1. The van der Waals surface area contributed by atoms with E-state index in [9.17, 15) is 17.6 Å². The lowest BCUT2D eigenvalue weighted by molar-refractivity contribution is 0.0961. The van der Waals surface area contributed by atoms with Gasteiger partial charge in [-0.25, -0.2) is 17.5 Å². The fraction of sp³-hybridized carbons (Fsp3) is 0.400. The number of halogens is 1. The van der Waals surface area contributed by atoms with Gasteiger partial charge < -0.3 is 0 Å². The number of carbonyl (C=O) groups excluding carboxylic acids is 1. The van der Waals surface area contributed by atoms with Crippen molar-refractivity contribution < 1.29 is 17.6 Å². The van der Waals surface area contributed by atoms with Crippen LogP contribution in [0.5, 0.6) is 0 Å². The standard InChI is InChI=1S/C15H17FN4O3S/c1-19-15(10-17-18-19)24(22,23)20-8-2-3-13(20)9-14(21)11-4-6-12(16)7-5-11/h4-7,10,13H,2-3,8-9H2,1H3. The summed E-state index contributed by atoms with van der Waals surface area (Å²) >= 11 is 0. The molecule has 24 heavy (non-hydrogen) atoms. The Bertz CT molecular complexity index is 848. The van der Waals surface area contributed by atoms with E-state index in [0.717, 1.165) is 0 Å². The zero-order valence-corrected chi connectivity index (χ0v) is 13.9. The Kier molecular flexibility index (Phi) is 4.46. The Morgan fingerprint density at radius 3 is 2.67 bits per heavy atom. The number of hydrogen-bond donors (Lipinski definition) is 0. The van der Waals surface area contributed by atoms with Crippen LogP contribution in [-0.2, 0) is 17.1 Å². The lowest BCUT2D eigenvalue weighted by Crippen LogP contribution is -2.37. The Balaban J connectivity index is 1.80. The number of ketones is 1. The highest BCUT2D eigenvalue weighted by atomic mass is 32.2. The summed E-state index contributed by atoms with van der Waals surface area (Å²) in [5.74, 6) is -0.620. The Hall–Kier alpha value is -2.13. The molecule has 3 rings (SSSR count). The minimum atomic E-state index is -3.75. The first kappa shape index (κ1) is 16.7. The molecule has 0 N–H and O–H groups in total. The zero-order valence-electron chi connectivity index (χ0n) is 13.1. The molecule has 1 atom stereocenters. The van der Waals surface area contributed by atoms with Crippen molar-refractivity contribution >= 4 is 15.8 Å². The first-order valence-electron chi connectivity index (χ1n) is 7.55. The predicted molar refractivity (Wildman–Crippen MR) is 83.3 cm³/mol. The van der Waals surface area contributed by atoms with E-state index in [1.54, 1.807) is 0 Å². The van der Waals surface area contributed by atoms with Crippen LogP contribution in [0.2, 0.25) is 0 Å². The minimum absolute atomic E-state index is 0.00336. The average Bonchev–Trinajstić information content (AvgIpc) is 3.17. The second-order valence-electron chi connectivity index (χ2n) is 5.74. The first-order chi connectivity index (χ1) is 11.4. The summed E-state index contributed by atoms with van der Waals surface area (Å²) in [5.41, 5.74) is 0.378. The molecule has 0 spiro atoms. The monoisotopic (exact) mass is 352 g/mol. The molecule has 2 aromatic rings. The predicted octanol–water partition coefficient (Wildman–Crippen LogP) is 1.38. The van der Waals surface area contributed by atoms with Crippen LogP contribution >= 0.6 is 0 Å². The number of sulfonamides is 1. The van der Waals surface area contributed by atoms with Gasteiger partial charge in [0.15, 0.2) is 10.8 Å². The van der Waals surface area contributed by atoms with Crippen LogP contribution in [0.15, 0.2) is 35.5 Å². The molecule has 0 aliphatic carbocycles. The van der Waals surface area contributed by atoms with E-state index in [2.05, 4.69) is 10.3 Å². The van der Waals surface area contributed by atoms with Gasteiger partial charge in [-0.05, 0) is 37.1 Å². The second kappa shape index (κ2) is 6.40. The van der Waals surface area contributed by atoms with Crippen molar-refractivity contribution in [3.8, 4) is 0 Å². The third kappa shape index (κ3) is 3.09. The second-order valence-corrected chi connectivity index (χ2v) is 7.58. The van der Waals surface area contributed by atoms with Crippen LogP contribution in [-0.4, -0.2) is 46.1 Å². The summed E-state index contributed by atoms with van der Waals surface area (Å²) in [6.45, 7) is 0.356. The SMILES string of the molecule is Cn1nncc1S(=O)(=O)N1CCCC1CC(=O)c1ccc(F)cc1. The van der Waals surface area contributed by atoms with E-state index >= 15 is 0 Å². The van der Waals surface area contributed by atoms with Gasteiger partial charge >= 0.3 is 0 Å². The molecule has 1 fully saturated rings. The third-order valence-corrected chi connectivity index (χ3v) is 6.15. The quantitative estimate of drug-likeness (QED) is 0.759. The summed E-state index contributed by atoms with van der Waals surface area (Å²) in [6, 6.07) is 4.85. The highest BCUT2D eigenvalue weighted by Gasteiger charge is 2.38. The third-order valence-electron chi connectivity index (χ3n) is 4.16. The van der Waals surface area contributed by atoms with Gasteiger partial charge in [0.05, 0.1) is 6.20 Å². The molecule has 2 heterocycles. The van der Waals surface area contributed by atoms with Gasteiger partial charge in [0.25, 0.3) is 10.0 Å². The molecule has 1 unspecified atom stereocenters. The van der Waals surface area contributed by atoms with Crippen molar-refractivity contribution in [3.63, 3.8) is 0 Å². The minimum Gasteiger partial charge on any atom is -0.294 e. The van der Waals surface area contributed by atoms with Crippen LogP contribution in [0.3, 0.4) is 0 Å². The summed E-state index contributed by atoms with van der Waals surface area (Å²) in [5, 5.41) is 7.26. The van der Waals surface area contributed by atoms with E-state index in [0.29, 0.717) is 24.9 Å². The fourth-order valence-electron chi connectivity index (χ4n) is 2.93. The molecule has 1 aliphatic rings. The summed E-state index contributed by atoms with van der Waals surface area (Å²) in [4.78, 5) is 12.4. The number of aryl methyl sites for hydroxylation is 1. The zero-order chi connectivity index (χ0) is 17.3. The van der Waals surface area contributed by atoms with Crippen molar-refractivity contribution in [2.45, 2.75) is 30.3 Å². The van der Waals surface area contributed by atoms with E-state index in [1.165, 1.54) is 46.5 Å². The molecular formula is C15H17FN4O3S. The van der Waals surface area contributed by atoms with Crippen LogP contribution in [0, 0.1) is 5.82 Å². The molecular weight excluding hydrogens is 335 g/mol. The number of carbonyl (C=O) groups is 1. The van der Waals surface area contributed by atoms with Gasteiger partial charge in [-0.1, -0.05) is 5.21 Å². The van der Waals surface area contributed by atoms with Crippen LogP contribution < -0.4 is 0 Å². The van der Waals surface area contributed by atoms with Crippen LogP contribution in [0.1, 0.15) is 29.6 Å². The van der Waals surface area contributed by atoms with Crippen LogP contribution in [0.25, 0.3) is 0 Å². The molecule has 1 aliphatic heterocycles. The fourth-order valence-corrected chi connectivity index (χ4v) is 4.66. The van der Waals surface area contributed by atoms with E-state index in [-0.39, 0.29) is 17.2 Å². The summed E-state index contributed by atoms with van der Waals surface area (Å²) in [7, 11) is -2.24. The lowest BCUT2D eigenvalue weighted by Gasteiger charge is -2.23. The molecule has 128 valence electrons. The molecule has 0 amide bonds. The number of nitrogens with zero attached hydrogens (tertiary/aromatic N) is 4. The van der Waals surface area contributed by atoms with Gasteiger partial charge in [0.1, 0.15) is 5.82 Å². The largest absolute Gasteiger partial charge is 0.294 e. The maximum absolute atomic E-state index is 13.0. The molecule has 0 bridgehead atoms. The number of rotatable bonds is 5. The van der Waals surface area contributed by atoms with Crippen molar-refractivity contribution in [1.29, 1.82) is 0 Å². The van der Waals surface area contributed by atoms with E-state index in [1.807, 2.05) is 0 Å². The van der Waals surface area contributed by atoms with Crippen molar-refractivity contribution in [2.75, 3.05) is 6.54 Å². The summed E-state index contributed by atoms with van der Waals surface area (Å²) in [6.07, 6.45) is 2.56. The first-order valence-corrected chi connectivity index (χ1v) is 8.99. The van der Waals surface area contributed by atoms with Crippen LogP contribution in [0.4, 0.5) is 4.39 Å². The van der Waals surface area contributed by atoms with Crippen molar-refractivity contribution in [3.05, 3.63) is 41.8 Å². The molecule has 1 aromatic heterocycles. The van der Waals surface area contributed by atoms with Gasteiger partial charge in [-0.15, -0.1) is 5.10 Å². The molecule has 0 radical (unpaired) electrons. The highest BCUT2D eigenvalue weighted by molar-refractivity contribution is 7.89. The normalized spacial score (nSPS) is 18.8. The van der Waals surface area contributed by atoms with Gasteiger partial charge in [0, 0.05) is 31.6 Å². The summed E-state index contributed by atoms with van der Waals surface area (Å²) < 4.78 is 41.0. The topological polar surface area (TPSA) is 85.2 Å². The molecule has 7 nitrogen and oxygen atoms in total. The Morgan fingerprint density at radius 1 is 1.33 bits per heavy atom. The maximum Gasteiger partial charge on any atom is 0.262 e. The van der Waals surface area contributed by atoms with Gasteiger partial charge in [-0.3, -0.25) is 4.79 Å². The molecule has 1 aromatic carbocycles. The highest BCUT2D eigenvalue weighted by Crippen LogP contribution is 2.28. The Morgan fingerprint density at radius 2 is 2.04 bits per heavy atom. The van der Waals surface area contributed by atoms with Crippen molar-refractivity contribution in [2.24, 2.45) is 7.05 Å². The van der Waals surface area contributed by atoms with Crippen molar-refractivity contribution in [1.82, 2.24) is 19.3 Å². The Labute approximate surface area is 139 Å². The maximum atomic E-state index is 13.0. The van der Waals surface area contributed by atoms with Gasteiger partial charge in [0.2, 0.25) is 0 Å². The smallest absolute Gasteiger partial charge is 0.262 e. The number of Topliss-reactive ketones (excluding diaryl/α,β-unsaturated/α-hetero) is 1. The molecule has 9 heteroatoms. The average molecular weight is 352 g/mol. The number of hydrogen-bond acceptors (Lipinski definition) is 5. The van der Waals surface area contributed by atoms with E-state index in [4.69, 9.17) is 0 Å². The lowest BCUT2D eigenvalue weighted by atomic mass is 10.0. The van der Waals surface area contributed by atoms with E-state index < -0.39 is 21.9 Å². The van der Waals surface area contributed by atoms with Gasteiger partial charge in [-0.2, -0.15) is 4.31 Å².